The summed E-state index contributed by atoms with van der Waals surface area (Å²) in [4.78, 5) is 7.15. The van der Waals surface area contributed by atoms with Crippen molar-refractivity contribution in [3.05, 3.63) is 23.9 Å². The van der Waals surface area contributed by atoms with Crippen molar-refractivity contribution in [2.24, 2.45) is 5.92 Å². The second kappa shape index (κ2) is 6.90. The van der Waals surface area contributed by atoms with Crippen LogP contribution in [0.3, 0.4) is 0 Å². The molecule has 0 bridgehead atoms. The quantitative estimate of drug-likeness (QED) is 0.852. The van der Waals surface area contributed by atoms with Crippen molar-refractivity contribution in [3.63, 3.8) is 0 Å². The Morgan fingerprint density at radius 2 is 2.32 bits per heavy atom. The summed E-state index contributed by atoms with van der Waals surface area (Å²) in [7, 11) is 0. The highest BCUT2D eigenvalue weighted by Crippen LogP contribution is 2.28. The molecule has 1 aliphatic rings. The Hall–Kier alpha value is -1.09. The fraction of sp³-hybridized carbons (Fsp3) is 0.688. The first-order chi connectivity index (χ1) is 9.22. The van der Waals surface area contributed by atoms with Crippen LogP contribution in [0.2, 0.25) is 0 Å². The molecule has 2 rings (SSSR count). The number of nitrogens with zero attached hydrogens (tertiary/aromatic N) is 2. The van der Waals surface area contributed by atoms with E-state index in [0.717, 1.165) is 19.6 Å². The van der Waals surface area contributed by atoms with Crippen LogP contribution in [0.1, 0.15) is 45.6 Å². The first-order valence-electron chi connectivity index (χ1n) is 7.63. The van der Waals surface area contributed by atoms with Crippen molar-refractivity contribution in [2.45, 2.75) is 52.6 Å². The molecule has 1 fully saturated rings. The van der Waals surface area contributed by atoms with Crippen molar-refractivity contribution in [2.75, 3.05) is 18.0 Å². The van der Waals surface area contributed by atoms with Crippen LogP contribution in [0.15, 0.2) is 18.3 Å². The molecule has 1 aromatic heterocycles. The van der Waals surface area contributed by atoms with E-state index in [1.54, 1.807) is 0 Å². The molecule has 0 radical (unpaired) electrons. The Morgan fingerprint density at radius 1 is 1.47 bits per heavy atom. The number of anilines is 1. The molecule has 1 saturated heterocycles. The molecular weight excluding hydrogens is 234 g/mol. The molecule has 1 N–H and O–H groups in total. The van der Waals surface area contributed by atoms with Gasteiger partial charge in [0.05, 0.1) is 0 Å². The first-order valence-corrected chi connectivity index (χ1v) is 7.63. The van der Waals surface area contributed by atoms with Gasteiger partial charge in [0.2, 0.25) is 0 Å². The summed E-state index contributed by atoms with van der Waals surface area (Å²) in [5, 5.41) is 3.53. The number of hydrogen-bond acceptors (Lipinski definition) is 3. The van der Waals surface area contributed by atoms with E-state index in [9.17, 15) is 0 Å². The van der Waals surface area contributed by atoms with Crippen LogP contribution in [-0.4, -0.2) is 24.1 Å². The van der Waals surface area contributed by atoms with Gasteiger partial charge in [-0.25, -0.2) is 4.98 Å². The second-order valence-corrected chi connectivity index (χ2v) is 5.91. The molecule has 1 aliphatic heterocycles. The third kappa shape index (κ3) is 3.69. The van der Waals surface area contributed by atoms with Crippen molar-refractivity contribution in [1.82, 2.24) is 10.3 Å². The molecule has 0 aliphatic carbocycles. The van der Waals surface area contributed by atoms with Gasteiger partial charge in [-0.05, 0) is 37.8 Å². The largest absolute Gasteiger partial charge is 0.353 e. The lowest BCUT2D eigenvalue weighted by atomic mass is 10.1. The van der Waals surface area contributed by atoms with Gasteiger partial charge < -0.3 is 10.2 Å². The molecule has 1 atom stereocenters. The average Bonchev–Trinajstić information content (AvgIpc) is 2.87. The van der Waals surface area contributed by atoms with Crippen LogP contribution >= 0.6 is 0 Å². The monoisotopic (exact) mass is 261 g/mol. The molecule has 3 heteroatoms. The summed E-state index contributed by atoms with van der Waals surface area (Å²) in [6.07, 6.45) is 5.75. The zero-order valence-corrected chi connectivity index (χ0v) is 12.5. The molecule has 0 amide bonds. The summed E-state index contributed by atoms with van der Waals surface area (Å²) in [5.41, 5.74) is 1.34. The predicted octanol–water partition coefficient (Wildman–Crippen LogP) is 3.21. The van der Waals surface area contributed by atoms with E-state index in [1.807, 2.05) is 12.3 Å². The van der Waals surface area contributed by atoms with Crippen LogP contribution in [0.5, 0.6) is 0 Å². The zero-order valence-electron chi connectivity index (χ0n) is 12.5. The maximum atomic E-state index is 4.64. The predicted molar refractivity (Wildman–Crippen MR) is 81.4 cm³/mol. The zero-order chi connectivity index (χ0) is 13.7. The van der Waals surface area contributed by atoms with Gasteiger partial charge >= 0.3 is 0 Å². The molecule has 1 aromatic rings. The maximum Gasteiger partial charge on any atom is 0.133 e. The molecular formula is C16H27N3. The fourth-order valence-electron chi connectivity index (χ4n) is 2.86. The third-order valence-electron chi connectivity index (χ3n) is 3.86. The Kier molecular flexibility index (Phi) is 5.20. The number of pyridine rings is 1. The lowest BCUT2D eigenvalue weighted by Crippen LogP contribution is -2.31. The fourth-order valence-corrected chi connectivity index (χ4v) is 2.86. The summed E-state index contributed by atoms with van der Waals surface area (Å²) in [6, 6.07) is 4.94. The van der Waals surface area contributed by atoms with Gasteiger partial charge in [0.15, 0.2) is 0 Å². The number of aromatic nitrogens is 1. The lowest BCUT2D eigenvalue weighted by Gasteiger charge is -2.27. The van der Waals surface area contributed by atoms with Crippen LogP contribution in [-0.2, 0) is 6.54 Å². The number of nitrogens with one attached hydrogen (secondary N) is 1. The van der Waals surface area contributed by atoms with E-state index in [2.05, 4.69) is 42.0 Å². The van der Waals surface area contributed by atoms with Gasteiger partial charge in [0, 0.05) is 30.9 Å². The van der Waals surface area contributed by atoms with E-state index < -0.39 is 0 Å². The summed E-state index contributed by atoms with van der Waals surface area (Å²) < 4.78 is 0. The molecule has 3 nitrogen and oxygen atoms in total. The van der Waals surface area contributed by atoms with Gasteiger partial charge in [-0.15, -0.1) is 0 Å². The van der Waals surface area contributed by atoms with Gasteiger partial charge in [0.1, 0.15) is 5.82 Å². The highest BCUT2D eigenvalue weighted by molar-refractivity contribution is 5.48. The number of rotatable bonds is 6. The minimum atomic E-state index is 0.679. The molecule has 19 heavy (non-hydrogen) atoms. The Balaban J connectivity index is 2.07. The van der Waals surface area contributed by atoms with Crippen LogP contribution in [0, 0.1) is 5.92 Å². The minimum Gasteiger partial charge on any atom is -0.353 e. The van der Waals surface area contributed by atoms with Gasteiger partial charge in [-0.3, -0.25) is 0 Å². The van der Waals surface area contributed by atoms with E-state index in [4.69, 9.17) is 0 Å². The van der Waals surface area contributed by atoms with Crippen molar-refractivity contribution < 1.29 is 0 Å². The standard InChI is InChI=1S/C16H27N3/c1-4-15-8-6-10-19(15)16-14(7-5-9-18-16)12-17-11-13(2)3/h5,7,9,13,15,17H,4,6,8,10-12H2,1-3H3. The molecule has 106 valence electrons. The maximum absolute atomic E-state index is 4.64. The SMILES string of the molecule is CCC1CCCN1c1ncccc1CNCC(C)C. The van der Waals surface area contributed by atoms with Crippen molar-refractivity contribution in [1.29, 1.82) is 0 Å². The molecule has 0 aromatic carbocycles. The van der Waals surface area contributed by atoms with Crippen LogP contribution in [0.25, 0.3) is 0 Å². The van der Waals surface area contributed by atoms with E-state index in [0.29, 0.717) is 12.0 Å². The topological polar surface area (TPSA) is 28.2 Å². The Morgan fingerprint density at radius 3 is 3.05 bits per heavy atom. The third-order valence-corrected chi connectivity index (χ3v) is 3.86. The molecule has 1 unspecified atom stereocenters. The molecule has 0 saturated carbocycles. The van der Waals surface area contributed by atoms with Crippen molar-refractivity contribution in [3.8, 4) is 0 Å². The smallest absolute Gasteiger partial charge is 0.133 e. The highest BCUT2D eigenvalue weighted by Gasteiger charge is 2.25. The Bertz CT molecular complexity index is 389. The summed E-state index contributed by atoms with van der Waals surface area (Å²) in [6.45, 7) is 9.91. The van der Waals surface area contributed by atoms with Gasteiger partial charge in [0.25, 0.3) is 0 Å². The van der Waals surface area contributed by atoms with Crippen LogP contribution in [0.4, 0.5) is 5.82 Å². The number of hydrogen-bond donors (Lipinski definition) is 1. The molecule has 0 spiro atoms. The van der Waals surface area contributed by atoms with Crippen LogP contribution < -0.4 is 10.2 Å². The minimum absolute atomic E-state index is 0.679. The van der Waals surface area contributed by atoms with Crippen molar-refractivity contribution >= 4 is 5.82 Å². The lowest BCUT2D eigenvalue weighted by molar-refractivity contribution is 0.550. The summed E-state index contributed by atoms with van der Waals surface area (Å²) >= 11 is 0. The van der Waals surface area contributed by atoms with Gasteiger partial charge in [-0.1, -0.05) is 26.8 Å². The van der Waals surface area contributed by atoms with E-state index >= 15 is 0 Å². The highest BCUT2D eigenvalue weighted by atomic mass is 15.2. The van der Waals surface area contributed by atoms with E-state index in [-0.39, 0.29) is 0 Å². The Labute approximate surface area is 117 Å². The average molecular weight is 261 g/mol. The second-order valence-electron chi connectivity index (χ2n) is 5.91. The summed E-state index contributed by atoms with van der Waals surface area (Å²) in [5.74, 6) is 1.89. The van der Waals surface area contributed by atoms with Gasteiger partial charge in [-0.2, -0.15) is 0 Å². The molecule has 2 heterocycles. The van der Waals surface area contributed by atoms with E-state index in [1.165, 1.54) is 30.6 Å². The first kappa shape index (κ1) is 14.3. The normalized spacial score (nSPS) is 19.4.